The molecule has 1 aromatic rings. The highest BCUT2D eigenvalue weighted by molar-refractivity contribution is 6.31. The Morgan fingerprint density at radius 1 is 1.50 bits per heavy atom. The molecule has 0 radical (unpaired) electrons. The number of rotatable bonds is 6. The minimum atomic E-state index is 0.00928. The Morgan fingerprint density at radius 3 is 2.78 bits per heavy atom. The maximum atomic E-state index is 11.4. The third kappa shape index (κ3) is 4.55. The number of halogens is 1. The summed E-state index contributed by atoms with van der Waals surface area (Å²) in [6.07, 6.45) is 0.990. The number of nitrogen functional groups attached to an aromatic ring is 1. The lowest BCUT2D eigenvalue weighted by Crippen LogP contribution is -2.35. The summed E-state index contributed by atoms with van der Waals surface area (Å²) in [6, 6.07) is 5.47. The molecule has 5 heteroatoms. The summed E-state index contributed by atoms with van der Waals surface area (Å²) in [5.41, 5.74) is 7.30. The Bertz CT molecular complexity index is 409. The van der Waals surface area contributed by atoms with Gasteiger partial charge in [0.1, 0.15) is 0 Å². The van der Waals surface area contributed by atoms with Gasteiger partial charge in [-0.1, -0.05) is 24.6 Å². The van der Waals surface area contributed by atoms with Crippen LogP contribution in [0.25, 0.3) is 0 Å². The van der Waals surface area contributed by atoms with Gasteiger partial charge < -0.3 is 11.1 Å². The molecule has 0 bridgehead atoms. The maximum absolute atomic E-state index is 11.4. The van der Waals surface area contributed by atoms with Crippen LogP contribution in [0.15, 0.2) is 18.2 Å². The fraction of sp³-hybridized carbons (Fsp3) is 0.462. The van der Waals surface area contributed by atoms with Crippen molar-refractivity contribution in [2.75, 3.05) is 25.9 Å². The molecule has 0 atom stereocenters. The average molecular weight is 270 g/mol. The third-order valence-electron chi connectivity index (χ3n) is 2.66. The van der Waals surface area contributed by atoms with E-state index in [1.54, 1.807) is 13.1 Å². The van der Waals surface area contributed by atoms with Crippen molar-refractivity contribution in [1.29, 1.82) is 0 Å². The fourth-order valence-corrected chi connectivity index (χ4v) is 1.99. The highest BCUT2D eigenvalue weighted by Crippen LogP contribution is 2.20. The number of hydrogen-bond donors (Lipinski definition) is 2. The van der Waals surface area contributed by atoms with Crippen LogP contribution in [0, 0.1) is 0 Å². The molecule has 0 aliphatic carbocycles. The molecular formula is C13H20ClN3O. The van der Waals surface area contributed by atoms with E-state index in [1.807, 2.05) is 12.1 Å². The van der Waals surface area contributed by atoms with Gasteiger partial charge in [-0.3, -0.25) is 9.69 Å². The monoisotopic (exact) mass is 269 g/mol. The molecular weight excluding hydrogens is 250 g/mol. The Labute approximate surface area is 113 Å². The number of anilines is 1. The van der Waals surface area contributed by atoms with Crippen LogP contribution in [0.2, 0.25) is 5.02 Å². The Morgan fingerprint density at radius 2 is 2.22 bits per heavy atom. The number of carbonyl (C=O) groups is 1. The Kier molecular flexibility index (Phi) is 5.95. The molecule has 3 N–H and O–H groups in total. The molecule has 0 aliphatic heterocycles. The summed E-state index contributed by atoms with van der Waals surface area (Å²) >= 11 is 6.14. The van der Waals surface area contributed by atoms with E-state index in [1.165, 1.54) is 0 Å². The van der Waals surface area contributed by atoms with Crippen molar-refractivity contribution in [3.05, 3.63) is 28.8 Å². The Balaban J connectivity index is 2.72. The van der Waals surface area contributed by atoms with E-state index in [2.05, 4.69) is 17.1 Å². The van der Waals surface area contributed by atoms with Crippen molar-refractivity contribution >= 4 is 23.2 Å². The van der Waals surface area contributed by atoms with E-state index in [0.29, 0.717) is 23.8 Å². The average Bonchev–Trinajstić information content (AvgIpc) is 2.32. The molecule has 0 saturated carbocycles. The number of nitrogens with one attached hydrogen (secondary N) is 1. The summed E-state index contributed by atoms with van der Waals surface area (Å²) in [7, 11) is 1.64. The smallest absolute Gasteiger partial charge is 0.233 e. The molecule has 4 nitrogen and oxygen atoms in total. The third-order valence-corrected chi connectivity index (χ3v) is 3.01. The first-order chi connectivity index (χ1) is 8.56. The number of nitrogens with two attached hydrogens (primary N) is 1. The van der Waals surface area contributed by atoms with Gasteiger partial charge in [0.15, 0.2) is 0 Å². The lowest BCUT2D eigenvalue weighted by atomic mass is 10.2. The molecule has 100 valence electrons. The SMILES string of the molecule is CCCN(CC(=O)NC)Cc1ccc(N)cc1Cl. The van der Waals surface area contributed by atoms with Gasteiger partial charge >= 0.3 is 0 Å². The fourth-order valence-electron chi connectivity index (χ4n) is 1.75. The van der Waals surface area contributed by atoms with E-state index < -0.39 is 0 Å². The highest BCUT2D eigenvalue weighted by atomic mass is 35.5. The van der Waals surface area contributed by atoms with E-state index in [4.69, 9.17) is 17.3 Å². The standard InChI is InChI=1S/C13H20ClN3O/c1-3-6-17(9-13(18)16-2)8-10-4-5-11(15)7-12(10)14/h4-5,7H,3,6,8-9,15H2,1-2H3,(H,16,18). The van der Waals surface area contributed by atoms with Crippen LogP contribution in [0.5, 0.6) is 0 Å². The zero-order valence-corrected chi connectivity index (χ0v) is 11.6. The van der Waals surface area contributed by atoms with Gasteiger partial charge in [-0.2, -0.15) is 0 Å². The molecule has 0 saturated heterocycles. The number of hydrogen-bond acceptors (Lipinski definition) is 3. The van der Waals surface area contributed by atoms with Crippen molar-refractivity contribution in [3.63, 3.8) is 0 Å². The molecule has 0 fully saturated rings. The number of likely N-dealkylation sites (N-methyl/N-ethyl adjacent to an activating group) is 1. The Hall–Kier alpha value is -1.26. The van der Waals surface area contributed by atoms with E-state index in [0.717, 1.165) is 18.5 Å². The van der Waals surface area contributed by atoms with Gasteiger partial charge in [0.2, 0.25) is 5.91 Å². The molecule has 1 aromatic carbocycles. The molecule has 0 unspecified atom stereocenters. The quantitative estimate of drug-likeness (QED) is 0.776. The van der Waals surface area contributed by atoms with Crippen LogP contribution < -0.4 is 11.1 Å². The van der Waals surface area contributed by atoms with Crippen molar-refractivity contribution in [2.24, 2.45) is 0 Å². The van der Waals surface area contributed by atoms with Crippen LogP contribution in [-0.4, -0.2) is 30.9 Å². The van der Waals surface area contributed by atoms with Crippen LogP contribution in [0.3, 0.4) is 0 Å². The van der Waals surface area contributed by atoms with Gasteiger partial charge in [0, 0.05) is 24.3 Å². The molecule has 0 aromatic heterocycles. The summed E-state index contributed by atoms with van der Waals surface area (Å²) < 4.78 is 0. The molecule has 1 amide bonds. The first-order valence-electron chi connectivity index (χ1n) is 6.03. The van der Waals surface area contributed by atoms with E-state index in [9.17, 15) is 4.79 Å². The second-order valence-corrected chi connectivity index (χ2v) is 4.64. The van der Waals surface area contributed by atoms with E-state index in [-0.39, 0.29) is 5.91 Å². The predicted molar refractivity (Wildman–Crippen MR) is 75.5 cm³/mol. The summed E-state index contributed by atoms with van der Waals surface area (Å²) in [4.78, 5) is 13.5. The van der Waals surface area contributed by atoms with E-state index >= 15 is 0 Å². The molecule has 18 heavy (non-hydrogen) atoms. The van der Waals surface area contributed by atoms with Crippen molar-refractivity contribution in [3.8, 4) is 0 Å². The normalized spacial score (nSPS) is 10.7. The largest absolute Gasteiger partial charge is 0.399 e. The van der Waals surface area contributed by atoms with Gasteiger partial charge in [0.05, 0.1) is 6.54 Å². The summed E-state index contributed by atoms with van der Waals surface area (Å²) in [6.45, 7) is 3.97. The van der Waals surface area contributed by atoms with Gasteiger partial charge in [-0.15, -0.1) is 0 Å². The first kappa shape index (κ1) is 14.8. The van der Waals surface area contributed by atoms with Gasteiger partial charge in [-0.05, 0) is 30.7 Å². The summed E-state index contributed by atoms with van der Waals surface area (Å²) in [5, 5.41) is 3.28. The van der Waals surface area contributed by atoms with Crippen LogP contribution >= 0.6 is 11.6 Å². The van der Waals surface area contributed by atoms with Crippen LogP contribution in [0.4, 0.5) is 5.69 Å². The molecule has 1 rings (SSSR count). The zero-order valence-electron chi connectivity index (χ0n) is 10.9. The van der Waals surface area contributed by atoms with Crippen LogP contribution in [-0.2, 0) is 11.3 Å². The number of benzene rings is 1. The minimum absolute atomic E-state index is 0.00928. The zero-order chi connectivity index (χ0) is 13.5. The van der Waals surface area contributed by atoms with Gasteiger partial charge in [-0.25, -0.2) is 0 Å². The topological polar surface area (TPSA) is 58.4 Å². The van der Waals surface area contributed by atoms with Crippen molar-refractivity contribution in [1.82, 2.24) is 10.2 Å². The molecule has 0 aliphatic rings. The van der Waals surface area contributed by atoms with Crippen molar-refractivity contribution < 1.29 is 4.79 Å². The van der Waals surface area contributed by atoms with Crippen molar-refractivity contribution in [2.45, 2.75) is 19.9 Å². The number of amides is 1. The second kappa shape index (κ2) is 7.24. The maximum Gasteiger partial charge on any atom is 0.233 e. The van der Waals surface area contributed by atoms with Crippen LogP contribution in [0.1, 0.15) is 18.9 Å². The summed E-state index contributed by atoms with van der Waals surface area (Å²) in [5.74, 6) is 0.00928. The molecule has 0 spiro atoms. The van der Waals surface area contributed by atoms with Gasteiger partial charge in [0.25, 0.3) is 0 Å². The number of carbonyl (C=O) groups excluding carboxylic acids is 1. The lowest BCUT2D eigenvalue weighted by molar-refractivity contribution is -0.121. The second-order valence-electron chi connectivity index (χ2n) is 4.23. The molecule has 0 heterocycles. The minimum Gasteiger partial charge on any atom is -0.399 e. The number of nitrogens with zero attached hydrogens (tertiary/aromatic N) is 1. The first-order valence-corrected chi connectivity index (χ1v) is 6.41. The lowest BCUT2D eigenvalue weighted by Gasteiger charge is -2.21. The highest BCUT2D eigenvalue weighted by Gasteiger charge is 2.11. The predicted octanol–water partition coefficient (Wildman–Crippen LogP) is 1.88.